The molecular weight excluding hydrogens is 386 g/mol. The molecule has 0 unspecified atom stereocenters. The molecule has 0 radical (unpaired) electrons. The van der Waals surface area contributed by atoms with Crippen molar-refractivity contribution in [2.24, 2.45) is 0 Å². The Kier molecular flexibility index (Phi) is 7.00. The normalized spacial score (nSPS) is 10.7. The van der Waals surface area contributed by atoms with E-state index >= 15 is 0 Å². The van der Waals surface area contributed by atoms with Crippen molar-refractivity contribution in [3.63, 3.8) is 0 Å². The van der Waals surface area contributed by atoms with Crippen molar-refractivity contribution < 1.29 is 28.2 Å². The van der Waals surface area contributed by atoms with Gasteiger partial charge in [0.1, 0.15) is 12.4 Å². The summed E-state index contributed by atoms with van der Waals surface area (Å²) in [5.41, 5.74) is 1.30. The molecule has 0 aliphatic rings. The van der Waals surface area contributed by atoms with Crippen molar-refractivity contribution in [3.05, 3.63) is 83.6 Å². The molecular formula is C23H21NO6. The molecule has 1 aromatic carbocycles. The quantitative estimate of drug-likeness (QED) is 0.296. The first-order chi connectivity index (χ1) is 14.6. The summed E-state index contributed by atoms with van der Waals surface area (Å²) >= 11 is 0. The van der Waals surface area contributed by atoms with E-state index in [9.17, 15) is 9.59 Å². The zero-order chi connectivity index (χ0) is 21.3. The number of nitrogens with zero attached hydrogens (tertiary/aromatic N) is 1. The highest BCUT2D eigenvalue weighted by molar-refractivity contribution is 6.06. The van der Waals surface area contributed by atoms with E-state index < -0.39 is 5.97 Å². The minimum absolute atomic E-state index is 0.111. The Morgan fingerprint density at radius 3 is 2.70 bits per heavy atom. The molecule has 0 fully saturated rings. The van der Waals surface area contributed by atoms with Gasteiger partial charge in [-0.05, 0) is 55.0 Å². The molecule has 7 nitrogen and oxygen atoms in total. The van der Waals surface area contributed by atoms with Gasteiger partial charge >= 0.3 is 5.97 Å². The molecule has 0 amide bonds. The Labute approximate surface area is 173 Å². The van der Waals surface area contributed by atoms with Crippen LogP contribution < -0.4 is 9.47 Å². The lowest BCUT2D eigenvalue weighted by Gasteiger charge is -2.12. The molecule has 0 spiro atoms. The van der Waals surface area contributed by atoms with Gasteiger partial charge in [0.25, 0.3) is 0 Å². The largest absolute Gasteiger partial charge is 0.490 e. The Balaban J connectivity index is 1.70. The second-order valence-electron chi connectivity index (χ2n) is 6.12. The number of ether oxygens (including phenoxy) is 3. The topological polar surface area (TPSA) is 87.9 Å². The molecule has 2 aromatic heterocycles. The maximum absolute atomic E-state index is 12.2. The number of carbonyl (C=O) groups excluding carboxylic acids is 2. The molecule has 0 aliphatic heterocycles. The lowest BCUT2D eigenvalue weighted by Crippen LogP contribution is -2.00. The highest BCUT2D eigenvalue weighted by Gasteiger charge is 2.12. The van der Waals surface area contributed by atoms with E-state index in [1.165, 1.54) is 25.4 Å². The fraction of sp³-hybridized carbons (Fsp3) is 0.174. The maximum atomic E-state index is 12.2. The third kappa shape index (κ3) is 5.35. The number of benzene rings is 1. The van der Waals surface area contributed by atoms with Gasteiger partial charge < -0.3 is 18.6 Å². The summed E-state index contributed by atoms with van der Waals surface area (Å²) in [7, 11) is 1.29. The Morgan fingerprint density at radius 2 is 1.97 bits per heavy atom. The van der Waals surface area contributed by atoms with Crippen LogP contribution in [0.3, 0.4) is 0 Å². The van der Waals surface area contributed by atoms with Gasteiger partial charge in [0.15, 0.2) is 17.3 Å². The van der Waals surface area contributed by atoms with Gasteiger partial charge in [-0.2, -0.15) is 0 Å². The van der Waals surface area contributed by atoms with E-state index in [1.54, 1.807) is 42.6 Å². The highest BCUT2D eigenvalue weighted by Crippen LogP contribution is 2.30. The van der Waals surface area contributed by atoms with Crippen LogP contribution in [-0.2, 0) is 11.3 Å². The molecule has 0 aliphatic carbocycles. The van der Waals surface area contributed by atoms with Crippen molar-refractivity contribution in [3.8, 4) is 11.5 Å². The van der Waals surface area contributed by atoms with E-state index in [1.807, 2.05) is 13.0 Å². The molecule has 7 heteroatoms. The van der Waals surface area contributed by atoms with Crippen molar-refractivity contribution >= 4 is 17.8 Å². The average Bonchev–Trinajstić information content (AvgIpc) is 3.26. The van der Waals surface area contributed by atoms with Crippen LogP contribution in [0.15, 0.2) is 65.4 Å². The van der Waals surface area contributed by atoms with Gasteiger partial charge in [-0.3, -0.25) is 9.78 Å². The Bertz CT molecular complexity index is 1040. The van der Waals surface area contributed by atoms with Crippen LogP contribution in [0.2, 0.25) is 0 Å². The summed E-state index contributed by atoms with van der Waals surface area (Å²) in [6.07, 6.45) is 6.33. The third-order valence-electron chi connectivity index (χ3n) is 4.06. The first kappa shape index (κ1) is 20.9. The first-order valence-corrected chi connectivity index (χ1v) is 9.29. The van der Waals surface area contributed by atoms with Crippen LogP contribution in [0.5, 0.6) is 11.5 Å². The third-order valence-corrected chi connectivity index (χ3v) is 4.06. The highest BCUT2D eigenvalue weighted by atomic mass is 16.5. The number of allylic oxidation sites excluding steroid dienone is 1. The SMILES string of the molecule is CCOc1cc(/C=C/C(=O)c2cccnc2)ccc1OCc1ccc(C(=O)OC)o1. The van der Waals surface area contributed by atoms with E-state index in [-0.39, 0.29) is 18.2 Å². The van der Waals surface area contributed by atoms with Gasteiger partial charge in [-0.15, -0.1) is 0 Å². The van der Waals surface area contributed by atoms with E-state index in [0.717, 1.165) is 5.56 Å². The monoisotopic (exact) mass is 407 g/mol. The number of ketones is 1. The maximum Gasteiger partial charge on any atom is 0.373 e. The zero-order valence-corrected chi connectivity index (χ0v) is 16.7. The molecule has 0 bridgehead atoms. The number of hydrogen-bond acceptors (Lipinski definition) is 7. The van der Waals surface area contributed by atoms with Crippen molar-refractivity contribution in [2.45, 2.75) is 13.5 Å². The van der Waals surface area contributed by atoms with Gasteiger partial charge in [0.2, 0.25) is 5.76 Å². The summed E-state index contributed by atoms with van der Waals surface area (Å²) in [6, 6.07) is 12.0. The molecule has 30 heavy (non-hydrogen) atoms. The van der Waals surface area contributed by atoms with Crippen LogP contribution in [0.1, 0.15) is 39.2 Å². The van der Waals surface area contributed by atoms with Crippen LogP contribution >= 0.6 is 0 Å². The summed E-state index contributed by atoms with van der Waals surface area (Å²) in [5, 5.41) is 0. The second kappa shape index (κ2) is 10.1. The zero-order valence-electron chi connectivity index (χ0n) is 16.7. The molecule has 0 saturated heterocycles. The van der Waals surface area contributed by atoms with Crippen LogP contribution in [0, 0.1) is 0 Å². The molecule has 154 valence electrons. The summed E-state index contributed by atoms with van der Waals surface area (Å²) < 4.78 is 21.5. The Morgan fingerprint density at radius 1 is 1.10 bits per heavy atom. The number of esters is 1. The molecule has 3 aromatic rings. The number of pyridine rings is 1. The average molecular weight is 407 g/mol. The number of carbonyl (C=O) groups is 2. The van der Waals surface area contributed by atoms with E-state index in [0.29, 0.717) is 29.4 Å². The number of methoxy groups -OCH3 is 1. The minimum Gasteiger partial charge on any atom is -0.490 e. The number of hydrogen-bond donors (Lipinski definition) is 0. The van der Waals surface area contributed by atoms with Crippen molar-refractivity contribution in [1.82, 2.24) is 4.98 Å². The van der Waals surface area contributed by atoms with Crippen LogP contribution in [0.4, 0.5) is 0 Å². The van der Waals surface area contributed by atoms with Crippen LogP contribution in [-0.4, -0.2) is 30.5 Å². The van der Waals surface area contributed by atoms with Crippen LogP contribution in [0.25, 0.3) is 6.08 Å². The second-order valence-corrected chi connectivity index (χ2v) is 6.12. The number of rotatable bonds is 9. The van der Waals surface area contributed by atoms with Crippen molar-refractivity contribution in [1.29, 1.82) is 0 Å². The van der Waals surface area contributed by atoms with Gasteiger partial charge in [0.05, 0.1) is 13.7 Å². The molecule has 3 rings (SSSR count). The fourth-order valence-corrected chi connectivity index (χ4v) is 2.61. The number of furan rings is 1. The lowest BCUT2D eigenvalue weighted by atomic mass is 10.1. The molecule has 0 saturated carbocycles. The summed E-state index contributed by atoms with van der Waals surface area (Å²) in [6.45, 7) is 2.44. The lowest BCUT2D eigenvalue weighted by molar-refractivity contribution is 0.0560. The Hall–Kier alpha value is -3.87. The van der Waals surface area contributed by atoms with Gasteiger partial charge in [-0.25, -0.2) is 4.79 Å². The summed E-state index contributed by atoms with van der Waals surface area (Å²) in [5.74, 6) is 0.953. The standard InChI is InChI=1S/C23H21NO6/c1-3-28-22-13-16(6-9-19(25)17-5-4-12-24-14-17)7-10-20(22)29-15-18-8-11-21(30-18)23(26)27-2/h4-14H,3,15H2,1-2H3/b9-6+. The van der Waals surface area contributed by atoms with Crippen molar-refractivity contribution in [2.75, 3.05) is 13.7 Å². The predicted molar refractivity (Wildman–Crippen MR) is 110 cm³/mol. The fourth-order valence-electron chi connectivity index (χ4n) is 2.61. The number of aromatic nitrogens is 1. The predicted octanol–water partition coefficient (Wildman–Crippen LogP) is 4.34. The molecule has 2 heterocycles. The summed E-state index contributed by atoms with van der Waals surface area (Å²) in [4.78, 5) is 27.6. The minimum atomic E-state index is -0.548. The van der Waals surface area contributed by atoms with E-state index in [4.69, 9.17) is 13.9 Å². The molecule has 0 N–H and O–H groups in total. The smallest absolute Gasteiger partial charge is 0.373 e. The van der Waals surface area contributed by atoms with E-state index in [2.05, 4.69) is 9.72 Å². The van der Waals surface area contributed by atoms with Gasteiger partial charge in [0, 0.05) is 18.0 Å². The first-order valence-electron chi connectivity index (χ1n) is 9.29. The van der Waals surface area contributed by atoms with Gasteiger partial charge in [-0.1, -0.05) is 12.1 Å². The molecule has 0 atom stereocenters.